The molecular formula is C27H46BrN3O4P+. The quantitative estimate of drug-likeness (QED) is 0.249. The van der Waals surface area contributed by atoms with Crippen LogP contribution < -0.4 is 27.3 Å². The van der Waals surface area contributed by atoms with E-state index in [-0.39, 0.29) is 23.1 Å². The van der Waals surface area contributed by atoms with Gasteiger partial charge in [0.15, 0.2) is 18.9 Å². The van der Waals surface area contributed by atoms with Crippen LogP contribution in [0.5, 0.6) is 0 Å². The maximum atomic E-state index is 14.0. The Bertz CT molecular complexity index is 962. The van der Waals surface area contributed by atoms with Gasteiger partial charge in [-0.05, 0) is 76.8 Å². The Hall–Kier alpha value is -1.12. The van der Waals surface area contributed by atoms with E-state index >= 15 is 0 Å². The first kappa shape index (κ1) is 32.9. The number of hydrogen-bond donors (Lipinski definition) is 1. The highest BCUT2D eigenvalue weighted by Gasteiger charge is 2.51. The van der Waals surface area contributed by atoms with Crippen LogP contribution in [0.25, 0.3) is 0 Å². The van der Waals surface area contributed by atoms with Gasteiger partial charge in [-0.1, -0.05) is 20.8 Å². The van der Waals surface area contributed by atoms with Crippen LogP contribution in [0.15, 0.2) is 48.8 Å². The van der Waals surface area contributed by atoms with E-state index in [1.54, 1.807) is 0 Å². The Kier molecular flexibility index (Phi) is 12.4. The van der Waals surface area contributed by atoms with Gasteiger partial charge in [0.2, 0.25) is 0 Å². The fraction of sp³-hybridized carbons (Fsp3) is 0.593. The Morgan fingerprint density at radius 3 is 1.86 bits per heavy atom. The van der Waals surface area contributed by atoms with Gasteiger partial charge in [0, 0.05) is 23.2 Å². The largest absolute Gasteiger partial charge is 1.00 e. The normalized spacial score (nSPS) is 14.4. The lowest BCUT2D eigenvalue weighted by atomic mass is 9.94. The van der Waals surface area contributed by atoms with Crippen molar-refractivity contribution in [3.63, 3.8) is 0 Å². The minimum Gasteiger partial charge on any atom is -1.00 e. The van der Waals surface area contributed by atoms with E-state index in [1.165, 1.54) is 5.56 Å². The third-order valence-electron chi connectivity index (χ3n) is 5.62. The summed E-state index contributed by atoms with van der Waals surface area (Å²) in [5, 5.41) is 1.84. The highest BCUT2D eigenvalue weighted by Crippen LogP contribution is 2.61. The van der Waals surface area contributed by atoms with Crippen molar-refractivity contribution in [2.45, 2.75) is 86.3 Å². The third-order valence-corrected chi connectivity index (χ3v) is 8.44. The summed E-state index contributed by atoms with van der Waals surface area (Å²) in [6.45, 7) is 19.3. The average Bonchev–Trinajstić information content (AvgIpc) is 2.74. The van der Waals surface area contributed by atoms with Crippen molar-refractivity contribution < 1.29 is 45.7 Å². The number of rotatable bonds is 11. The lowest BCUT2D eigenvalue weighted by molar-refractivity contribution is -0.688. The molecule has 2 rings (SSSR count). The predicted molar refractivity (Wildman–Crippen MR) is 140 cm³/mol. The van der Waals surface area contributed by atoms with E-state index in [0.717, 1.165) is 17.8 Å². The van der Waals surface area contributed by atoms with Gasteiger partial charge >= 0.3 is 7.60 Å². The second kappa shape index (κ2) is 13.6. The minimum absolute atomic E-state index is 0. The zero-order chi connectivity index (χ0) is 26.4. The molecule has 2 aromatic rings. The fourth-order valence-corrected chi connectivity index (χ4v) is 6.69. The Labute approximate surface area is 228 Å². The summed E-state index contributed by atoms with van der Waals surface area (Å²) in [6.07, 6.45) is 3.85. The molecule has 36 heavy (non-hydrogen) atoms. The molecule has 0 saturated heterocycles. The van der Waals surface area contributed by atoms with Crippen LogP contribution in [0.3, 0.4) is 0 Å². The Morgan fingerprint density at radius 1 is 0.944 bits per heavy atom. The van der Waals surface area contributed by atoms with Crippen molar-refractivity contribution >= 4 is 13.3 Å². The van der Waals surface area contributed by atoms with Crippen LogP contribution in [-0.2, 0) is 25.0 Å². The van der Waals surface area contributed by atoms with Crippen molar-refractivity contribution in [2.24, 2.45) is 5.41 Å². The minimum atomic E-state index is -3.51. The molecule has 0 fully saturated rings. The van der Waals surface area contributed by atoms with Crippen LogP contribution in [0.2, 0.25) is 0 Å². The van der Waals surface area contributed by atoms with Crippen molar-refractivity contribution in [3.05, 3.63) is 59.9 Å². The maximum absolute atomic E-state index is 14.0. The summed E-state index contributed by atoms with van der Waals surface area (Å²) < 4.78 is 27.8. The lowest BCUT2D eigenvalue weighted by Crippen LogP contribution is -3.00. The molecule has 2 atom stereocenters. The van der Waals surface area contributed by atoms with E-state index in [9.17, 15) is 4.57 Å². The predicted octanol–water partition coefficient (Wildman–Crippen LogP) is 2.63. The molecule has 7 nitrogen and oxygen atoms in total. The van der Waals surface area contributed by atoms with Crippen LogP contribution in [0, 0.1) is 5.41 Å². The van der Waals surface area contributed by atoms with Gasteiger partial charge < -0.3 is 31.8 Å². The number of nitrogens with zero attached hydrogens (tertiary/aromatic N) is 2. The Morgan fingerprint density at radius 2 is 1.44 bits per heavy atom. The van der Waals surface area contributed by atoms with Gasteiger partial charge in [0.05, 0.1) is 13.2 Å². The molecule has 0 spiro atoms. The lowest BCUT2D eigenvalue weighted by Gasteiger charge is -2.48. The topological polar surface area (TPSA) is 79.5 Å². The van der Waals surface area contributed by atoms with Crippen LogP contribution in [0.4, 0.5) is 5.69 Å². The first-order valence-electron chi connectivity index (χ1n) is 12.5. The monoisotopic (exact) mass is 586 g/mol. The molecule has 2 unspecified atom stereocenters. The van der Waals surface area contributed by atoms with Gasteiger partial charge in [-0.15, -0.1) is 0 Å². The van der Waals surface area contributed by atoms with Crippen LogP contribution >= 0.6 is 7.60 Å². The molecule has 0 aliphatic rings. The van der Waals surface area contributed by atoms with Gasteiger partial charge in [0.1, 0.15) is 17.6 Å². The standard InChI is InChI=1S/C27H45N3O4P.BrH/c1-10-32-35(31,33-11-2)25(26(4,5)6)30(27(7,8)9)34-21(3)23-16-18-29(19-17-23)20-22-12-14-24(28)15-13-22;/h12-19,21,25H,10-11,20,28H2,1-9H3;1H/q+1;. The van der Waals surface area contributed by atoms with E-state index < -0.39 is 24.3 Å². The zero-order valence-electron chi connectivity index (χ0n) is 23.5. The third kappa shape index (κ3) is 9.02. The number of halogens is 1. The molecule has 0 aliphatic heterocycles. The van der Waals surface area contributed by atoms with Crippen molar-refractivity contribution in [1.82, 2.24) is 5.06 Å². The van der Waals surface area contributed by atoms with E-state index in [4.69, 9.17) is 13.9 Å². The molecular weight excluding hydrogens is 541 g/mol. The average molecular weight is 588 g/mol. The van der Waals surface area contributed by atoms with Gasteiger partial charge in [-0.25, -0.2) is 4.57 Å². The first-order chi connectivity index (χ1) is 16.2. The van der Waals surface area contributed by atoms with Crippen LogP contribution in [-0.4, -0.2) is 29.6 Å². The number of benzene rings is 1. The van der Waals surface area contributed by atoms with Gasteiger partial charge in [0.25, 0.3) is 0 Å². The zero-order valence-corrected chi connectivity index (χ0v) is 25.9. The second-order valence-electron chi connectivity index (χ2n) is 11.0. The summed E-state index contributed by atoms with van der Waals surface area (Å²) in [7, 11) is -3.51. The van der Waals surface area contributed by atoms with E-state index in [1.807, 2.05) is 58.7 Å². The van der Waals surface area contributed by atoms with Crippen molar-refractivity contribution in [1.29, 1.82) is 0 Å². The molecule has 9 heteroatoms. The molecule has 1 aromatic carbocycles. The molecule has 1 aromatic heterocycles. The number of aromatic nitrogens is 1. The fourth-order valence-electron chi connectivity index (χ4n) is 4.01. The molecule has 3 N–H and O–H groups in total. The molecule has 0 saturated carbocycles. The highest BCUT2D eigenvalue weighted by atomic mass is 79.9. The summed E-state index contributed by atoms with van der Waals surface area (Å²) >= 11 is 0. The molecule has 204 valence electrons. The van der Waals surface area contributed by atoms with E-state index in [2.05, 4.69) is 67.7 Å². The van der Waals surface area contributed by atoms with Crippen LogP contribution in [0.1, 0.15) is 79.5 Å². The summed E-state index contributed by atoms with van der Waals surface area (Å²) in [5.41, 5.74) is 6.31. The molecule has 0 radical (unpaired) electrons. The van der Waals surface area contributed by atoms with Crippen molar-refractivity contribution in [3.8, 4) is 0 Å². The summed E-state index contributed by atoms with van der Waals surface area (Å²) in [4.78, 5) is 6.58. The van der Waals surface area contributed by atoms with Gasteiger partial charge in [-0.3, -0.25) is 9.40 Å². The highest BCUT2D eigenvalue weighted by molar-refractivity contribution is 7.54. The molecule has 0 aliphatic carbocycles. The molecule has 0 bridgehead atoms. The summed E-state index contributed by atoms with van der Waals surface area (Å²) in [6, 6.07) is 12.4. The van der Waals surface area contributed by atoms with Crippen molar-refractivity contribution in [2.75, 3.05) is 13.2 Å². The summed E-state index contributed by atoms with van der Waals surface area (Å²) in [5.74, 6) is -0.595. The molecule has 1 heterocycles. The first-order valence-corrected chi connectivity index (χ1v) is 14.1. The number of pyridine rings is 1. The SMILES string of the molecule is CCOP(=O)(OCC)C(N(OC(C)c1cc[n+](Cc2ccc([NH3+])cc2)cc1)C(C)(C)C)C(C)(C)C.[Br-]. The number of quaternary nitrogens is 1. The maximum Gasteiger partial charge on any atom is 0.350 e. The Balaban J connectivity index is 0.00000648. The van der Waals surface area contributed by atoms with E-state index in [0.29, 0.717) is 13.2 Å². The number of hydroxylamine groups is 2. The molecule has 0 amide bonds. The smallest absolute Gasteiger partial charge is 0.350 e. The van der Waals surface area contributed by atoms with Gasteiger partial charge in [-0.2, -0.15) is 5.06 Å². The second-order valence-corrected chi connectivity index (χ2v) is 13.1. The number of hydrogen-bond acceptors (Lipinski definition) is 5.